The highest BCUT2D eigenvalue weighted by Gasteiger charge is 2.24. The van der Waals surface area contributed by atoms with Crippen LogP contribution in [0.5, 0.6) is 0 Å². The third kappa shape index (κ3) is 3.86. The van der Waals surface area contributed by atoms with E-state index in [1.807, 2.05) is 14.1 Å². The molecule has 1 fully saturated rings. The number of carboxylic acids is 1. The number of aromatic carboxylic acids is 1. The largest absolute Gasteiger partial charge is 0.477 e. The average Bonchev–Trinajstić information content (AvgIpc) is 2.46. The van der Waals surface area contributed by atoms with E-state index in [0.29, 0.717) is 11.7 Å². The van der Waals surface area contributed by atoms with E-state index >= 15 is 0 Å². The van der Waals surface area contributed by atoms with Gasteiger partial charge in [-0.1, -0.05) is 0 Å². The van der Waals surface area contributed by atoms with Crippen LogP contribution >= 0.6 is 12.4 Å². The fourth-order valence-electron chi connectivity index (χ4n) is 2.69. The van der Waals surface area contributed by atoms with E-state index in [4.69, 9.17) is 5.11 Å². The van der Waals surface area contributed by atoms with Crippen molar-refractivity contribution in [3.8, 4) is 0 Å². The summed E-state index contributed by atoms with van der Waals surface area (Å²) in [6.07, 6.45) is 1.98. The number of hydrogen-bond donors (Lipinski definition) is 1. The lowest BCUT2D eigenvalue weighted by atomic mass is 10.0. The van der Waals surface area contributed by atoms with Gasteiger partial charge in [-0.25, -0.2) is 4.79 Å². The van der Waals surface area contributed by atoms with Crippen molar-refractivity contribution in [2.45, 2.75) is 18.9 Å². The molecular weight excluding hydrogens is 310 g/mol. The molecule has 1 N–H and O–H groups in total. The monoisotopic (exact) mass is 329 g/mol. The summed E-state index contributed by atoms with van der Waals surface area (Å²) in [5.41, 5.74) is 0.0885. The summed E-state index contributed by atoms with van der Waals surface area (Å²) < 4.78 is 0. The number of benzene rings is 1. The highest BCUT2D eigenvalue weighted by Crippen LogP contribution is 2.28. The highest BCUT2D eigenvalue weighted by atomic mass is 35.5. The van der Waals surface area contributed by atoms with Crippen LogP contribution in [0.2, 0.25) is 0 Å². The molecule has 0 unspecified atom stereocenters. The third-order valence-electron chi connectivity index (χ3n) is 3.97. The second kappa shape index (κ2) is 7.42. The molecule has 7 nitrogen and oxygen atoms in total. The molecule has 122 valence electrons. The molecule has 0 radical (unpaired) electrons. The molecule has 2 rings (SSSR count). The molecule has 1 aliphatic rings. The molecule has 22 heavy (non-hydrogen) atoms. The second-order valence-electron chi connectivity index (χ2n) is 5.45. The predicted octanol–water partition coefficient (Wildman–Crippen LogP) is 2.25. The van der Waals surface area contributed by atoms with Gasteiger partial charge in [-0.05, 0) is 39.1 Å². The Labute approximate surface area is 135 Å². The van der Waals surface area contributed by atoms with Crippen molar-refractivity contribution in [2.75, 3.05) is 32.1 Å². The lowest BCUT2D eigenvalue weighted by molar-refractivity contribution is -0.385. The van der Waals surface area contributed by atoms with E-state index in [0.717, 1.165) is 25.9 Å². The fraction of sp³-hybridized carbons (Fsp3) is 0.500. The molecule has 0 amide bonds. The first kappa shape index (κ1) is 18.2. The summed E-state index contributed by atoms with van der Waals surface area (Å²) in [6.45, 7) is 1.62. The van der Waals surface area contributed by atoms with Crippen molar-refractivity contribution in [3.05, 3.63) is 33.9 Å². The Morgan fingerprint density at radius 2 is 1.95 bits per heavy atom. The van der Waals surface area contributed by atoms with Gasteiger partial charge in [0.2, 0.25) is 0 Å². The van der Waals surface area contributed by atoms with E-state index in [1.54, 1.807) is 6.07 Å². The number of carbonyl (C=O) groups is 1. The standard InChI is InChI=1S/C14H19N3O4.ClH/c1-15(2)10-5-7-16(8-6-10)11-3-4-12(14(18)19)13(9-11)17(20)21;/h3-4,9-10H,5-8H2,1-2H3,(H,18,19);1H. The maximum atomic E-state index is 11.0. The van der Waals surface area contributed by atoms with Gasteiger partial charge in [0.15, 0.2) is 0 Å². The number of rotatable bonds is 4. The summed E-state index contributed by atoms with van der Waals surface area (Å²) in [4.78, 5) is 25.6. The minimum Gasteiger partial charge on any atom is -0.477 e. The molecule has 8 heteroatoms. The zero-order valence-electron chi connectivity index (χ0n) is 12.6. The van der Waals surface area contributed by atoms with Crippen LogP contribution in [0.25, 0.3) is 0 Å². The summed E-state index contributed by atoms with van der Waals surface area (Å²) in [5.74, 6) is -1.28. The van der Waals surface area contributed by atoms with Crippen molar-refractivity contribution in [3.63, 3.8) is 0 Å². The topological polar surface area (TPSA) is 86.9 Å². The first-order valence-corrected chi connectivity index (χ1v) is 6.83. The van der Waals surface area contributed by atoms with Crippen LogP contribution in [-0.4, -0.2) is 54.1 Å². The summed E-state index contributed by atoms with van der Waals surface area (Å²) in [7, 11) is 4.10. The van der Waals surface area contributed by atoms with E-state index in [9.17, 15) is 14.9 Å². The van der Waals surface area contributed by atoms with Crippen molar-refractivity contribution >= 4 is 29.8 Å². The summed E-state index contributed by atoms with van der Waals surface area (Å²) >= 11 is 0. The highest BCUT2D eigenvalue weighted by molar-refractivity contribution is 5.93. The van der Waals surface area contributed by atoms with E-state index in [2.05, 4.69) is 9.80 Å². The molecule has 1 aromatic carbocycles. The second-order valence-corrected chi connectivity index (χ2v) is 5.45. The van der Waals surface area contributed by atoms with E-state index in [1.165, 1.54) is 12.1 Å². The van der Waals surface area contributed by atoms with Crippen LogP contribution in [0.15, 0.2) is 18.2 Å². The minimum atomic E-state index is -1.28. The van der Waals surface area contributed by atoms with Crippen LogP contribution in [0.3, 0.4) is 0 Å². The van der Waals surface area contributed by atoms with Gasteiger partial charge in [0.05, 0.1) is 4.92 Å². The minimum absolute atomic E-state index is 0. The molecule has 0 aliphatic carbocycles. The van der Waals surface area contributed by atoms with Crippen LogP contribution in [-0.2, 0) is 0 Å². The quantitative estimate of drug-likeness (QED) is 0.673. The van der Waals surface area contributed by atoms with Gasteiger partial charge in [0.25, 0.3) is 5.69 Å². The Kier molecular flexibility index (Phi) is 6.13. The Morgan fingerprint density at radius 1 is 1.36 bits per heavy atom. The SMILES string of the molecule is CN(C)C1CCN(c2ccc(C(=O)O)c([N+](=O)[O-])c2)CC1.Cl. The predicted molar refractivity (Wildman–Crippen MR) is 86.2 cm³/mol. The van der Waals surface area contributed by atoms with Gasteiger partial charge in [0.1, 0.15) is 5.56 Å². The summed E-state index contributed by atoms with van der Waals surface area (Å²) in [6, 6.07) is 4.84. The number of nitro groups is 1. The first-order valence-electron chi connectivity index (χ1n) is 6.83. The van der Waals surface area contributed by atoms with Gasteiger partial charge >= 0.3 is 5.97 Å². The van der Waals surface area contributed by atoms with E-state index < -0.39 is 10.9 Å². The molecule has 1 heterocycles. The zero-order valence-corrected chi connectivity index (χ0v) is 13.4. The van der Waals surface area contributed by atoms with Gasteiger partial charge in [0, 0.05) is 30.9 Å². The van der Waals surface area contributed by atoms with Crippen LogP contribution in [0, 0.1) is 10.1 Å². The zero-order chi connectivity index (χ0) is 15.6. The number of carboxylic acid groups (broad SMARTS) is 1. The molecule has 0 spiro atoms. The average molecular weight is 330 g/mol. The lowest BCUT2D eigenvalue weighted by Gasteiger charge is -2.36. The molecule has 0 atom stereocenters. The Morgan fingerprint density at radius 3 is 2.41 bits per heavy atom. The Balaban J connectivity index is 0.00000242. The Hall–Kier alpha value is -1.86. The number of halogens is 1. The molecule has 0 aromatic heterocycles. The normalized spacial score (nSPS) is 15.5. The molecule has 1 aromatic rings. The van der Waals surface area contributed by atoms with Crippen LogP contribution in [0.1, 0.15) is 23.2 Å². The van der Waals surface area contributed by atoms with Crippen LogP contribution < -0.4 is 4.90 Å². The number of nitro benzene ring substituents is 1. The third-order valence-corrected chi connectivity index (χ3v) is 3.97. The van der Waals surface area contributed by atoms with Crippen molar-refractivity contribution in [1.82, 2.24) is 4.90 Å². The Bertz CT molecular complexity index is 557. The van der Waals surface area contributed by atoms with Crippen molar-refractivity contribution in [2.24, 2.45) is 0 Å². The number of hydrogen-bond acceptors (Lipinski definition) is 5. The van der Waals surface area contributed by atoms with Gasteiger partial charge < -0.3 is 14.9 Å². The number of piperidine rings is 1. The molecule has 0 bridgehead atoms. The smallest absolute Gasteiger partial charge is 0.342 e. The number of anilines is 1. The molecule has 1 saturated heterocycles. The summed E-state index contributed by atoms with van der Waals surface area (Å²) in [5, 5.41) is 20.0. The lowest BCUT2D eigenvalue weighted by Crippen LogP contribution is -2.42. The van der Waals surface area contributed by atoms with E-state index in [-0.39, 0.29) is 23.7 Å². The fourth-order valence-corrected chi connectivity index (χ4v) is 2.69. The van der Waals surface area contributed by atoms with Crippen LogP contribution in [0.4, 0.5) is 11.4 Å². The maximum absolute atomic E-state index is 11.0. The van der Waals surface area contributed by atoms with Gasteiger partial charge in [-0.2, -0.15) is 0 Å². The maximum Gasteiger partial charge on any atom is 0.342 e. The van der Waals surface area contributed by atoms with Gasteiger partial charge in [-0.3, -0.25) is 10.1 Å². The number of nitrogens with zero attached hydrogens (tertiary/aromatic N) is 3. The van der Waals surface area contributed by atoms with Gasteiger partial charge in [-0.15, -0.1) is 12.4 Å². The molecular formula is C14H20ClN3O4. The molecule has 0 saturated carbocycles. The first-order chi connectivity index (χ1) is 9.90. The van der Waals surface area contributed by atoms with Crippen molar-refractivity contribution < 1.29 is 14.8 Å². The van der Waals surface area contributed by atoms with Crippen molar-refractivity contribution in [1.29, 1.82) is 0 Å². The molecule has 1 aliphatic heterocycles.